The van der Waals surface area contributed by atoms with Gasteiger partial charge in [-0.3, -0.25) is 4.79 Å². The number of aromatic nitrogens is 1. The van der Waals surface area contributed by atoms with E-state index in [2.05, 4.69) is 11.9 Å². The van der Waals surface area contributed by atoms with Crippen LogP contribution in [0.2, 0.25) is 0 Å². The summed E-state index contributed by atoms with van der Waals surface area (Å²) >= 11 is 1.70. The summed E-state index contributed by atoms with van der Waals surface area (Å²) < 4.78 is 0. The summed E-state index contributed by atoms with van der Waals surface area (Å²) in [5, 5.41) is 0.950. The molecular formula is C11H15NOS. The van der Waals surface area contributed by atoms with Crippen LogP contribution in [0.15, 0.2) is 23.2 Å². The lowest BCUT2D eigenvalue weighted by Crippen LogP contribution is -2.00. The van der Waals surface area contributed by atoms with Crippen LogP contribution in [-0.2, 0) is 0 Å². The third-order valence-electron chi connectivity index (χ3n) is 1.78. The molecule has 0 N–H and O–H groups in total. The fourth-order valence-electron chi connectivity index (χ4n) is 1.04. The van der Waals surface area contributed by atoms with Crippen LogP contribution in [0.25, 0.3) is 0 Å². The molecule has 0 aliphatic carbocycles. The lowest BCUT2D eigenvalue weighted by Gasteiger charge is -2.01. The van der Waals surface area contributed by atoms with E-state index in [1.807, 2.05) is 19.1 Å². The van der Waals surface area contributed by atoms with Crippen molar-refractivity contribution in [3.05, 3.63) is 23.9 Å². The van der Waals surface area contributed by atoms with Crippen molar-refractivity contribution in [3.8, 4) is 0 Å². The second kappa shape index (κ2) is 5.81. The Balaban J connectivity index is 2.73. The van der Waals surface area contributed by atoms with Crippen molar-refractivity contribution in [2.75, 3.05) is 5.75 Å². The minimum absolute atomic E-state index is 0.115. The number of hydrogen-bond acceptors (Lipinski definition) is 3. The lowest BCUT2D eigenvalue weighted by molar-refractivity contribution is 0.0983. The molecule has 0 saturated heterocycles. The highest BCUT2D eigenvalue weighted by Crippen LogP contribution is 2.16. The number of thioether (sulfide) groups is 1. The van der Waals surface area contributed by atoms with Gasteiger partial charge in [0.15, 0.2) is 5.78 Å². The van der Waals surface area contributed by atoms with E-state index in [0.717, 1.165) is 17.2 Å². The van der Waals surface area contributed by atoms with Crippen LogP contribution in [-0.4, -0.2) is 16.5 Å². The predicted octanol–water partition coefficient (Wildman–Crippen LogP) is 3.18. The molecule has 0 fully saturated rings. The van der Waals surface area contributed by atoms with Crippen molar-refractivity contribution in [3.63, 3.8) is 0 Å². The third kappa shape index (κ3) is 3.14. The standard InChI is InChI=1S/C11H15NOS/c1-3-8-14-11-7-5-6-9(12-11)10(13)4-2/h5-7H,3-4,8H2,1-2H3. The number of pyridine rings is 1. The van der Waals surface area contributed by atoms with Gasteiger partial charge in [0.2, 0.25) is 0 Å². The zero-order valence-corrected chi connectivity index (χ0v) is 9.43. The maximum absolute atomic E-state index is 11.4. The maximum atomic E-state index is 11.4. The molecule has 0 unspecified atom stereocenters. The summed E-state index contributed by atoms with van der Waals surface area (Å²) in [5.41, 5.74) is 0.591. The van der Waals surface area contributed by atoms with Crippen molar-refractivity contribution >= 4 is 17.5 Å². The van der Waals surface area contributed by atoms with Crippen LogP contribution in [0.3, 0.4) is 0 Å². The van der Waals surface area contributed by atoms with Gasteiger partial charge >= 0.3 is 0 Å². The topological polar surface area (TPSA) is 30.0 Å². The molecule has 1 heterocycles. The van der Waals surface area contributed by atoms with Crippen molar-refractivity contribution in [1.29, 1.82) is 0 Å². The van der Waals surface area contributed by atoms with Gasteiger partial charge in [0.05, 0.1) is 5.03 Å². The number of ketones is 1. The smallest absolute Gasteiger partial charge is 0.180 e. The molecule has 1 aromatic rings. The molecule has 14 heavy (non-hydrogen) atoms. The SMILES string of the molecule is CCCSc1cccc(C(=O)CC)n1. The Kier molecular flexibility index (Phi) is 4.66. The first-order valence-electron chi connectivity index (χ1n) is 4.91. The van der Waals surface area contributed by atoms with Crippen LogP contribution in [0.4, 0.5) is 0 Å². The first-order chi connectivity index (χ1) is 6.77. The van der Waals surface area contributed by atoms with Gasteiger partial charge in [0, 0.05) is 6.42 Å². The minimum Gasteiger partial charge on any atom is -0.292 e. The molecule has 1 aromatic heterocycles. The molecule has 0 aliphatic rings. The van der Waals surface area contributed by atoms with E-state index in [4.69, 9.17) is 0 Å². The van der Waals surface area contributed by atoms with Gasteiger partial charge in [0.25, 0.3) is 0 Å². The van der Waals surface area contributed by atoms with E-state index < -0.39 is 0 Å². The summed E-state index contributed by atoms with van der Waals surface area (Å²) in [6.07, 6.45) is 1.65. The number of hydrogen-bond donors (Lipinski definition) is 0. The van der Waals surface area contributed by atoms with E-state index in [-0.39, 0.29) is 5.78 Å². The molecule has 0 amide bonds. The highest BCUT2D eigenvalue weighted by molar-refractivity contribution is 7.99. The average molecular weight is 209 g/mol. The van der Waals surface area contributed by atoms with Gasteiger partial charge < -0.3 is 0 Å². The zero-order valence-electron chi connectivity index (χ0n) is 8.62. The van der Waals surface area contributed by atoms with Gasteiger partial charge in [-0.1, -0.05) is 19.9 Å². The number of rotatable bonds is 5. The van der Waals surface area contributed by atoms with Crippen LogP contribution in [0, 0.1) is 0 Å². The Labute approximate surface area is 89.1 Å². The Hall–Kier alpha value is -0.830. The normalized spacial score (nSPS) is 10.1. The number of Topliss-reactive ketones (excluding diaryl/α,β-unsaturated/α-hetero) is 1. The third-order valence-corrected chi connectivity index (χ3v) is 2.92. The Morgan fingerprint density at radius 3 is 2.86 bits per heavy atom. The Bertz CT molecular complexity index is 312. The molecular weight excluding hydrogens is 194 g/mol. The second-order valence-corrected chi connectivity index (χ2v) is 4.10. The van der Waals surface area contributed by atoms with Crippen LogP contribution < -0.4 is 0 Å². The summed E-state index contributed by atoms with van der Waals surface area (Å²) in [6, 6.07) is 5.63. The molecule has 76 valence electrons. The zero-order chi connectivity index (χ0) is 10.4. The first-order valence-corrected chi connectivity index (χ1v) is 5.89. The summed E-state index contributed by atoms with van der Waals surface area (Å²) in [5.74, 6) is 1.17. The van der Waals surface area contributed by atoms with Crippen molar-refractivity contribution in [2.24, 2.45) is 0 Å². The van der Waals surface area contributed by atoms with Gasteiger partial charge in [-0.25, -0.2) is 4.98 Å². The van der Waals surface area contributed by atoms with E-state index in [1.54, 1.807) is 17.8 Å². The quantitative estimate of drug-likeness (QED) is 0.551. The maximum Gasteiger partial charge on any atom is 0.180 e. The van der Waals surface area contributed by atoms with E-state index in [1.165, 1.54) is 0 Å². The van der Waals surface area contributed by atoms with Crippen LogP contribution in [0.1, 0.15) is 37.2 Å². The molecule has 0 saturated carbocycles. The molecule has 0 aromatic carbocycles. The molecule has 0 spiro atoms. The highest BCUT2D eigenvalue weighted by Gasteiger charge is 2.04. The molecule has 0 aliphatic heterocycles. The Morgan fingerprint density at radius 1 is 1.43 bits per heavy atom. The average Bonchev–Trinajstić information content (AvgIpc) is 2.25. The molecule has 0 radical (unpaired) electrons. The highest BCUT2D eigenvalue weighted by atomic mass is 32.2. The fraction of sp³-hybridized carbons (Fsp3) is 0.455. The van der Waals surface area contributed by atoms with Gasteiger partial charge in [0.1, 0.15) is 5.69 Å². The number of nitrogens with zero attached hydrogens (tertiary/aromatic N) is 1. The summed E-state index contributed by atoms with van der Waals surface area (Å²) in [4.78, 5) is 15.7. The minimum atomic E-state index is 0.115. The van der Waals surface area contributed by atoms with Crippen molar-refractivity contribution in [2.45, 2.75) is 31.7 Å². The van der Waals surface area contributed by atoms with Gasteiger partial charge in [-0.2, -0.15) is 0 Å². The largest absolute Gasteiger partial charge is 0.292 e. The molecule has 3 heteroatoms. The van der Waals surface area contributed by atoms with Gasteiger partial charge in [-0.15, -0.1) is 11.8 Å². The van der Waals surface area contributed by atoms with Crippen LogP contribution >= 0.6 is 11.8 Å². The van der Waals surface area contributed by atoms with Crippen molar-refractivity contribution < 1.29 is 4.79 Å². The fourth-order valence-corrected chi connectivity index (χ4v) is 1.79. The molecule has 1 rings (SSSR count). The summed E-state index contributed by atoms with van der Waals surface area (Å²) in [6.45, 7) is 3.99. The number of carbonyl (C=O) groups is 1. The first kappa shape index (κ1) is 11.2. The van der Waals surface area contributed by atoms with Crippen molar-refractivity contribution in [1.82, 2.24) is 4.98 Å². The Morgan fingerprint density at radius 2 is 2.21 bits per heavy atom. The molecule has 2 nitrogen and oxygen atoms in total. The molecule has 0 atom stereocenters. The van der Waals surface area contributed by atoms with E-state index in [9.17, 15) is 4.79 Å². The monoisotopic (exact) mass is 209 g/mol. The predicted molar refractivity (Wildman–Crippen MR) is 59.9 cm³/mol. The lowest BCUT2D eigenvalue weighted by atomic mass is 10.2. The van der Waals surface area contributed by atoms with Crippen LogP contribution in [0.5, 0.6) is 0 Å². The molecule has 0 bridgehead atoms. The second-order valence-electron chi connectivity index (χ2n) is 2.99. The van der Waals surface area contributed by atoms with E-state index >= 15 is 0 Å². The number of carbonyl (C=O) groups excluding carboxylic acids is 1. The van der Waals surface area contributed by atoms with Gasteiger partial charge in [-0.05, 0) is 24.3 Å². The summed E-state index contributed by atoms with van der Waals surface area (Å²) in [7, 11) is 0. The van der Waals surface area contributed by atoms with E-state index in [0.29, 0.717) is 12.1 Å².